The lowest BCUT2D eigenvalue weighted by atomic mass is 9.79. The lowest BCUT2D eigenvalue weighted by Gasteiger charge is -2.46. The van der Waals surface area contributed by atoms with Crippen molar-refractivity contribution in [2.24, 2.45) is 11.8 Å². The molecule has 0 bridgehead atoms. The molecule has 10 nitrogen and oxygen atoms in total. The summed E-state index contributed by atoms with van der Waals surface area (Å²) < 4.78 is 14.0. The number of fused-ring (bicyclic) bond motifs is 1. The number of rotatable bonds is 7. The first-order valence-electron chi connectivity index (χ1n) is 10.7. The van der Waals surface area contributed by atoms with E-state index in [2.05, 4.69) is 10.6 Å². The van der Waals surface area contributed by atoms with E-state index in [4.69, 9.17) is 5.11 Å². The van der Waals surface area contributed by atoms with Gasteiger partial charge in [0, 0.05) is 22.6 Å². The van der Waals surface area contributed by atoms with Crippen molar-refractivity contribution >= 4 is 41.2 Å². The Balaban J connectivity index is 1.45. The fourth-order valence-electron chi connectivity index (χ4n) is 4.82. The van der Waals surface area contributed by atoms with Crippen LogP contribution in [0.5, 0.6) is 0 Å². The molecule has 3 aliphatic rings. The summed E-state index contributed by atoms with van der Waals surface area (Å²) in [5.74, 6) is -5.12. The number of halogens is 1. The molecule has 6 unspecified atom stereocenters. The molecular weight excluding hydrogens is 469 g/mol. The number of thioether (sulfide) groups is 1. The number of carbonyl (C=O) groups is 4. The van der Waals surface area contributed by atoms with E-state index < -0.39 is 53.7 Å². The third kappa shape index (κ3) is 4.05. The van der Waals surface area contributed by atoms with Gasteiger partial charge in [-0.2, -0.15) is 0 Å². The van der Waals surface area contributed by atoms with Gasteiger partial charge >= 0.3 is 11.9 Å². The number of benzene rings is 1. The molecule has 3 aliphatic heterocycles. The number of nitrogens with one attached hydrogen (secondary N) is 2. The summed E-state index contributed by atoms with van der Waals surface area (Å²) in [6, 6.07) is 1.99. The maximum atomic E-state index is 14.0. The van der Waals surface area contributed by atoms with E-state index in [9.17, 15) is 33.8 Å². The van der Waals surface area contributed by atoms with Gasteiger partial charge in [-0.3, -0.25) is 9.59 Å². The van der Waals surface area contributed by atoms with Gasteiger partial charge < -0.3 is 30.9 Å². The molecule has 1 aromatic rings. The summed E-state index contributed by atoms with van der Waals surface area (Å²) in [6.45, 7) is 3.71. The zero-order chi connectivity index (χ0) is 24.9. The number of aliphatic carboxylic acids is 1. The molecule has 0 spiro atoms. The second-order valence-corrected chi connectivity index (χ2v) is 10.0. The summed E-state index contributed by atoms with van der Waals surface area (Å²) >= 11 is 1.29. The number of aromatic carboxylic acids is 1. The normalized spacial score (nSPS) is 29.0. The Morgan fingerprint density at radius 2 is 1.97 bits per heavy atom. The number of carboxylic acid groups (broad SMARTS) is 2. The number of carboxylic acids is 2. The van der Waals surface area contributed by atoms with Gasteiger partial charge in [-0.05, 0) is 31.5 Å². The number of hydrogen-bond donors (Lipinski definition) is 5. The molecule has 3 heterocycles. The van der Waals surface area contributed by atoms with Crippen LogP contribution in [0.1, 0.15) is 30.6 Å². The minimum atomic E-state index is -1.25. The number of β-lactam (4-membered cyclic amide) rings is 1. The van der Waals surface area contributed by atoms with Crippen LogP contribution in [0.4, 0.5) is 10.1 Å². The maximum Gasteiger partial charge on any atom is 0.353 e. The van der Waals surface area contributed by atoms with Crippen LogP contribution in [-0.4, -0.2) is 74.0 Å². The molecule has 2 fully saturated rings. The molecule has 34 heavy (non-hydrogen) atoms. The Hall–Kier alpha value is -2.96. The first kappa shape index (κ1) is 24.2. The highest BCUT2D eigenvalue weighted by atomic mass is 32.2. The minimum absolute atomic E-state index is 0.0788. The number of aliphatic hydroxyl groups is 1. The van der Waals surface area contributed by atoms with E-state index in [0.29, 0.717) is 17.9 Å². The first-order chi connectivity index (χ1) is 16.0. The fourth-order valence-corrected chi connectivity index (χ4v) is 6.30. The third-order valence-corrected chi connectivity index (χ3v) is 7.99. The number of carbonyl (C=O) groups excluding carboxylic acids is 2. The molecule has 12 heteroatoms. The number of anilines is 1. The summed E-state index contributed by atoms with van der Waals surface area (Å²) in [4.78, 5) is 49.9. The highest BCUT2D eigenvalue weighted by Crippen LogP contribution is 2.51. The molecule has 4 rings (SSSR count). The van der Waals surface area contributed by atoms with Crippen molar-refractivity contribution in [3.63, 3.8) is 0 Å². The van der Waals surface area contributed by atoms with Crippen molar-refractivity contribution < 1.29 is 38.9 Å². The van der Waals surface area contributed by atoms with Crippen LogP contribution >= 0.6 is 11.8 Å². The van der Waals surface area contributed by atoms with Crippen LogP contribution in [0.15, 0.2) is 28.8 Å². The summed E-state index contributed by atoms with van der Waals surface area (Å²) in [5, 5.41) is 34.0. The Morgan fingerprint density at radius 1 is 1.26 bits per heavy atom. The van der Waals surface area contributed by atoms with Crippen LogP contribution < -0.4 is 10.6 Å². The summed E-state index contributed by atoms with van der Waals surface area (Å²) in [6.07, 6.45) is -0.574. The minimum Gasteiger partial charge on any atom is -0.478 e. The monoisotopic (exact) mass is 493 g/mol. The van der Waals surface area contributed by atoms with Gasteiger partial charge in [0.1, 0.15) is 11.5 Å². The van der Waals surface area contributed by atoms with Crippen molar-refractivity contribution in [1.82, 2.24) is 10.2 Å². The van der Waals surface area contributed by atoms with Gasteiger partial charge in [-0.15, -0.1) is 11.8 Å². The second kappa shape index (κ2) is 9.01. The highest BCUT2D eigenvalue weighted by Gasteiger charge is 2.60. The molecule has 1 aromatic carbocycles. The molecule has 6 atom stereocenters. The molecule has 0 aliphatic carbocycles. The lowest BCUT2D eigenvalue weighted by molar-refractivity contribution is -0.163. The van der Waals surface area contributed by atoms with E-state index in [-0.39, 0.29) is 28.1 Å². The average Bonchev–Trinajstić information content (AvgIpc) is 3.31. The largest absolute Gasteiger partial charge is 0.478 e. The van der Waals surface area contributed by atoms with Crippen molar-refractivity contribution in [1.29, 1.82) is 0 Å². The Labute approximate surface area is 198 Å². The smallest absolute Gasteiger partial charge is 0.353 e. The van der Waals surface area contributed by atoms with Gasteiger partial charge in [-0.25, -0.2) is 14.0 Å². The number of nitrogens with zero attached hydrogens (tertiary/aromatic N) is 1. The zero-order valence-electron chi connectivity index (χ0n) is 18.3. The van der Waals surface area contributed by atoms with E-state index in [1.54, 1.807) is 0 Å². The van der Waals surface area contributed by atoms with Gasteiger partial charge in [0.2, 0.25) is 11.8 Å². The zero-order valence-corrected chi connectivity index (χ0v) is 19.1. The van der Waals surface area contributed by atoms with Crippen LogP contribution in [-0.2, 0) is 14.4 Å². The predicted octanol–water partition coefficient (Wildman–Crippen LogP) is 1.08. The molecule has 2 amide bonds. The van der Waals surface area contributed by atoms with Crippen LogP contribution in [0.2, 0.25) is 0 Å². The summed E-state index contributed by atoms with van der Waals surface area (Å²) in [5.41, 5.74) is -0.484. The van der Waals surface area contributed by atoms with E-state index in [0.717, 1.165) is 18.2 Å². The van der Waals surface area contributed by atoms with Crippen molar-refractivity contribution in [2.45, 2.75) is 43.7 Å². The Kier molecular flexibility index (Phi) is 6.40. The molecule has 2 saturated heterocycles. The summed E-state index contributed by atoms with van der Waals surface area (Å²) in [7, 11) is 0. The van der Waals surface area contributed by atoms with Gasteiger partial charge in [0.15, 0.2) is 0 Å². The van der Waals surface area contributed by atoms with Gasteiger partial charge in [0.25, 0.3) is 0 Å². The molecule has 0 aromatic heterocycles. The molecule has 5 N–H and O–H groups in total. The standard InChI is InChI=1S/C22H24FN3O7S/c1-8-16-15(9(2)27)20(29)26(16)17(22(32)33)18(8)34-11-6-14(24-7-11)19(28)25-13-5-10(21(30)31)3-4-12(13)23/h3-5,8-9,11,14-16,24,27H,6-7H2,1-2H3,(H,25,28)(H,30,31)(H,32,33). The fraction of sp³-hybridized carbons (Fsp3) is 0.455. The number of amides is 2. The SMILES string of the molecule is CC(O)C1C(=O)N2C(C(=O)O)=C(SC3CNC(C(=O)Nc4cc(C(=O)O)ccc4F)C3)C(C)C12. The number of hydrogen-bond acceptors (Lipinski definition) is 7. The van der Waals surface area contributed by atoms with Crippen molar-refractivity contribution in [2.75, 3.05) is 11.9 Å². The van der Waals surface area contributed by atoms with Gasteiger partial charge in [0.05, 0.1) is 35.4 Å². The first-order valence-corrected chi connectivity index (χ1v) is 11.6. The molecule has 0 saturated carbocycles. The van der Waals surface area contributed by atoms with E-state index in [1.807, 2.05) is 6.92 Å². The lowest BCUT2D eigenvalue weighted by Crippen LogP contribution is -2.63. The van der Waals surface area contributed by atoms with Crippen LogP contribution in [0.3, 0.4) is 0 Å². The highest BCUT2D eigenvalue weighted by molar-refractivity contribution is 8.03. The van der Waals surface area contributed by atoms with Crippen LogP contribution in [0.25, 0.3) is 0 Å². The Bertz CT molecular complexity index is 1110. The van der Waals surface area contributed by atoms with E-state index >= 15 is 0 Å². The Morgan fingerprint density at radius 3 is 2.59 bits per heavy atom. The number of aliphatic hydroxyl groups excluding tert-OH is 1. The molecular formula is C22H24FN3O7S. The third-order valence-electron chi connectivity index (χ3n) is 6.48. The van der Waals surface area contributed by atoms with Crippen molar-refractivity contribution in [3.05, 3.63) is 40.2 Å². The van der Waals surface area contributed by atoms with Gasteiger partial charge in [-0.1, -0.05) is 6.92 Å². The van der Waals surface area contributed by atoms with Crippen LogP contribution in [0, 0.1) is 17.7 Å². The maximum absolute atomic E-state index is 14.0. The molecule has 0 radical (unpaired) electrons. The second-order valence-electron chi connectivity index (χ2n) is 8.70. The topological polar surface area (TPSA) is 156 Å². The average molecular weight is 494 g/mol. The molecule has 182 valence electrons. The predicted molar refractivity (Wildman–Crippen MR) is 119 cm³/mol. The quantitative estimate of drug-likeness (QED) is 0.351. The van der Waals surface area contributed by atoms with Crippen molar-refractivity contribution in [3.8, 4) is 0 Å². The van der Waals surface area contributed by atoms with E-state index in [1.165, 1.54) is 23.6 Å².